The van der Waals surface area contributed by atoms with Crippen LogP contribution in [0.5, 0.6) is 0 Å². The summed E-state index contributed by atoms with van der Waals surface area (Å²) in [5.41, 5.74) is 38.9. The van der Waals surface area contributed by atoms with Crippen molar-refractivity contribution < 1.29 is 0 Å². The maximum absolute atomic E-state index is 2.55. The molecule has 0 heterocycles. The molecule has 0 amide bonds. The molecular weight excluding hydrogens is 1100 g/mol. The van der Waals surface area contributed by atoms with Crippen molar-refractivity contribution in [2.24, 2.45) is 0 Å². The Hall–Kier alpha value is -11.3. The van der Waals surface area contributed by atoms with Gasteiger partial charge in [0.25, 0.3) is 0 Å². The Balaban J connectivity index is 0.801. The Kier molecular flexibility index (Phi) is 10.2. The summed E-state index contributed by atoms with van der Waals surface area (Å²) in [5, 5.41) is 0. The van der Waals surface area contributed by atoms with Gasteiger partial charge in [-0.25, -0.2) is 0 Å². The molecule has 14 aromatic carbocycles. The summed E-state index contributed by atoms with van der Waals surface area (Å²) in [6.07, 6.45) is 0. The van der Waals surface area contributed by atoms with Gasteiger partial charge in [0.15, 0.2) is 0 Å². The first kappa shape index (κ1) is 50.7. The number of nitrogens with zero attached hydrogens (tertiary/aromatic N) is 2. The normalized spacial score (nSPS) is 14.5. The zero-order chi connectivity index (χ0) is 59.9. The molecule has 14 aromatic rings. The first-order chi connectivity index (χ1) is 44.9. The smallest absolute Gasteiger partial charge is 0.0727 e. The van der Waals surface area contributed by atoms with Crippen molar-refractivity contribution in [2.75, 3.05) is 9.80 Å². The lowest BCUT2D eigenvalue weighted by molar-refractivity contribution is 0.791. The van der Waals surface area contributed by atoms with Gasteiger partial charge in [-0.1, -0.05) is 254 Å². The molecule has 91 heavy (non-hydrogen) atoms. The van der Waals surface area contributed by atoms with E-state index in [1.54, 1.807) is 0 Å². The lowest BCUT2D eigenvalue weighted by atomic mass is 9.70. The average Bonchev–Trinajstić information content (AvgIpc) is 1.53. The number of hydrogen-bond acceptors (Lipinski definition) is 2. The van der Waals surface area contributed by atoms with Crippen molar-refractivity contribution in [3.63, 3.8) is 0 Å². The van der Waals surface area contributed by atoms with Crippen LogP contribution < -0.4 is 9.80 Å². The van der Waals surface area contributed by atoms with Crippen molar-refractivity contribution >= 4 is 34.1 Å². The summed E-state index contributed by atoms with van der Waals surface area (Å²) in [5.74, 6) is 0. The molecule has 2 heteroatoms. The van der Waals surface area contributed by atoms with E-state index < -0.39 is 16.2 Å². The van der Waals surface area contributed by atoms with Gasteiger partial charge in [0.2, 0.25) is 0 Å². The highest BCUT2D eigenvalue weighted by atomic mass is 15.1. The molecule has 0 N–H and O–H groups in total. The van der Waals surface area contributed by atoms with Gasteiger partial charge < -0.3 is 9.80 Å². The fraction of sp³-hybridized carbons (Fsp3) is 0.0562. The summed E-state index contributed by atoms with van der Waals surface area (Å²) in [6.45, 7) is 4.48. The monoisotopic (exact) mass is 1150 g/mol. The van der Waals surface area contributed by atoms with Crippen LogP contribution in [0.3, 0.4) is 0 Å². The molecule has 0 atom stereocenters. The number of para-hydroxylation sites is 2. The summed E-state index contributed by atoms with van der Waals surface area (Å²) >= 11 is 0. The van der Waals surface area contributed by atoms with E-state index in [0.717, 1.165) is 34.1 Å². The van der Waals surface area contributed by atoms with Crippen molar-refractivity contribution in [1.82, 2.24) is 0 Å². The number of rotatable bonds is 6. The quantitative estimate of drug-likeness (QED) is 0.164. The maximum atomic E-state index is 2.55. The third kappa shape index (κ3) is 6.41. The largest absolute Gasteiger partial charge is 0.310 e. The van der Waals surface area contributed by atoms with Crippen LogP contribution in [0.1, 0.15) is 77.9 Å². The van der Waals surface area contributed by atoms with Gasteiger partial charge >= 0.3 is 0 Å². The van der Waals surface area contributed by atoms with Gasteiger partial charge in [-0.3, -0.25) is 0 Å². The summed E-state index contributed by atoms with van der Waals surface area (Å²) in [7, 11) is 0. The number of benzene rings is 14. The fourth-order valence-electron chi connectivity index (χ4n) is 18.2. The van der Waals surface area contributed by atoms with E-state index in [1.165, 1.54) is 145 Å². The molecule has 0 aliphatic heterocycles. The molecule has 0 radical (unpaired) electrons. The number of aryl methyl sites for hydroxylation is 2. The Labute approximate surface area is 530 Å². The molecule has 0 saturated carbocycles. The highest BCUT2D eigenvalue weighted by Gasteiger charge is 2.55. The molecule has 6 aliphatic rings. The van der Waals surface area contributed by atoms with Crippen LogP contribution in [-0.2, 0) is 16.2 Å². The van der Waals surface area contributed by atoms with E-state index in [9.17, 15) is 0 Å². The Morgan fingerprint density at radius 3 is 0.615 bits per heavy atom. The molecule has 0 fully saturated rings. The Morgan fingerprint density at radius 2 is 0.363 bits per heavy atom. The van der Waals surface area contributed by atoms with E-state index in [1.807, 2.05) is 0 Å². The molecule has 20 rings (SSSR count). The topological polar surface area (TPSA) is 6.48 Å². The number of anilines is 6. The van der Waals surface area contributed by atoms with Gasteiger partial charge in [-0.15, -0.1) is 0 Å². The van der Waals surface area contributed by atoms with Crippen LogP contribution in [0.4, 0.5) is 34.1 Å². The molecule has 424 valence electrons. The van der Waals surface area contributed by atoms with Gasteiger partial charge in [0, 0.05) is 34.1 Å². The van der Waals surface area contributed by atoms with Crippen molar-refractivity contribution in [3.8, 4) is 66.8 Å². The Morgan fingerprint density at radius 1 is 0.165 bits per heavy atom. The van der Waals surface area contributed by atoms with E-state index in [-0.39, 0.29) is 0 Å². The lowest BCUT2D eigenvalue weighted by Crippen LogP contribution is -2.27. The molecule has 6 aliphatic carbocycles. The van der Waals surface area contributed by atoms with Gasteiger partial charge in [0.1, 0.15) is 0 Å². The summed E-state index contributed by atoms with van der Waals surface area (Å²) < 4.78 is 0. The van der Waals surface area contributed by atoms with Gasteiger partial charge in [-0.2, -0.15) is 0 Å². The number of hydrogen-bond donors (Lipinski definition) is 0. The molecule has 3 spiro atoms. The third-order valence-electron chi connectivity index (χ3n) is 21.6. The predicted molar refractivity (Wildman–Crippen MR) is 374 cm³/mol. The summed E-state index contributed by atoms with van der Waals surface area (Å²) in [4.78, 5) is 5.03. The van der Waals surface area contributed by atoms with Crippen LogP contribution in [0.2, 0.25) is 0 Å². The second-order valence-electron chi connectivity index (χ2n) is 25.9. The molecular formula is C89H58N2. The van der Waals surface area contributed by atoms with E-state index in [2.05, 4.69) is 339 Å². The van der Waals surface area contributed by atoms with Crippen molar-refractivity contribution in [2.45, 2.75) is 30.1 Å². The van der Waals surface area contributed by atoms with Crippen molar-refractivity contribution in [3.05, 3.63) is 393 Å². The van der Waals surface area contributed by atoms with E-state index in [4.69, 9.17) is 0 Å². The molecule has 2 nitrogen and oxygen atoms in total. The van der Waals surface area contributed by atoms with Crippen LogP contribution in [0.15, 0.2) is 315 Å². The first-order valence-corrected chi connectivity index (χ1v) is 32.1. The summed E-state index contributed by atoms with van der Waals surface area (Å²) in [6, 6.07) is 121. The highest BCUT2D eigenvalue weighted by molar-refractivity contribution is 6.01. The maximum Gasteiger partial charge on any atom is 0.0727 e. The Bertz CT molecular complexity index is 5040. The van der Waals surface area contributed by atoms with Gasteiger partial charge in [-0.05, 0) is 220 Å². The zero-order valence-corrected chi connectivity index (χ0v) is 50.4. The minimum atomic E-state index is -0.661. The minimum absolute atomic E-state index is 0.493. The average molecular weight is 1160 g/mol. The van der Waals surface area contributed by atoms with Gasteiger partial charge in [0.05, 0.1) is 16.2 Å². The fourth-order valence-corrected chi connectivity index (χ4v) is 18.2. The van der Waals surface area contributed by atoms with Crippen LogP contribution in [0, 0.1) is 13.8 Å². The van der Waals surface area contributed by atoms with Crippen LogP contribution in [0.25, 0.3) is 66.8 Å². The SMILES string of the molecule is Cc1ccc2c(c1)C1(c3ccccc3-c3ccccc31)c1cc(N(c3ccccc3)c3ccc4c(c3)C3(c5ccccc5-c5ccccc53)c3cc(N(c5ccccc5)c5ccc6c(c5)C5(c7ccccc7-c7ccccc75)c5cc(C)ccc5-6)ccc3-4)ccc1-2. The molecule has 0 bridgehead atoms. The standard InChI is InChI=1S/C89H58N2/c1-55-37-43-69-71-45-39-59(51-83(71)87(81(69)49-55)75-31-15-9-25-63(75)64-26-10-16-32-76(64)87)90(57-21-5-3-6-22-57)61-41-47-73-74-48-42-62(54-86(74)89(85(73)53-61)79-35-19-13-29-67(79)68-30-14-20-36-80(68)89)91(58-23-7-4-8-24-58)60-40-46-72-70-44-38-56(2)50-82(70)88(84(72)52-60)77-33-17-11-27-65(77)66-28-12-18-34-78(66)88/h3-54H,1-2H3. The second-order valence-corrected chi connectivity index (χ2v) is 25.9. The van der Waals surface area contributed by atoms with E-state index in [0.29, 0.717) is 0 Å². The lowest BCUT2D eigenvalue weighted by Gasteiger charge is -2.34. The molecule has 0 saturated heterocycles. The van der Waals surface area contributed by atoms with Crippen molar-refractivity contribution in [1.29, 1.82) is 0 Å². The number of fused-ring (bicyclic) bond motifs is 30. The van der Waals surface area contributed by atoms with E-state index >= 15 is 0 Å². The third-order valence-corrected chi connectivity index (χ3v) is 21.6. The zero-order valence-electron chi connectivity index (χ0n) is 50.4. The van der Waals surface area contributed by atoms with Crippen LogP contribution in [-0.4, -0.2) is 0 Å². The first-order valence-electron chi connectivity index (χ1n) is 32.1. The second kappa shape index (κ2) is 18.4. The molecule has 0 unspecified atom stereocenters. The molecule has 0 aromatic heterocycles. The minimum Gasteiger partial charge on any atom is -0.310 e. The predicted octanol–water partition coefficient (Wildman–Crippen LogP) is 22.3. The highest BCUT2D eigenvalue weighted by Crippen LogP contribution is 2.68. The van der Waals surface area contributed by atoms with Crippen LogP contribution >= 0.6 is 0 Å².